The molecule has 0 aliphatic rings. The number of rotatable bonds is 4. The topological polar surface area (TPSA) is 71.4 Å². The Bertz CT molecular complexity index is 372. The molecule has 0 unspecified atom stereocenters. The molecule has 15 heavy (non-hydrogen) atoms. The van der Waals surface area contributed by atoms with Gasteiger partial charge in [0.25, 0.3) is 0 Å². The van der Waals surface area contributed by atoms with E-state index in [0.717, 1.165) is 0 Å². The van der Waals surface area contributed by atoms with Gasteiger partial charge in [-0.15, -0.1) is 0 Å². The Labute approximate surface area is 96.5 Å². The molecule has 0 heterocycles. The summed E-state index contributed by atoms with van der Waals surface area (Å²) in [6.07, 6.45) is -0.584. The van der Waals surface area contributed by atoms with Gasteiger partial charge < -0.3 is 5.11 Å². The first-order chi connectivity index (χ1) is 6.61. The van der Waals surface area contributed by atoms with Crippen LogP contribution in [0.5, 0.6) is 0 Å². The molecule has 0 amide bonds. The molecular weight excluding hydrogens is 243 g/mol. The van der Waals surface area contributed by atoms with E-state index in [2.05, 4.69) is 0 Å². The second-order valence-electron chi connectivity index (χ2n) is 2.69. The maximum absolute atomic E-state index is 11.3. The molecule has 5 heteroatoms. The number of benzene rings is 1. The van der Waals surface area contributed by atoms with Gasteiger partial charge in [-0.05, 0) is 0 Å². The van der Waals surface area contributed by atoms with Crippen LogP contribution >= 0.6 is 0 Å². The predicted molar refractivity (Wildman–Crippen MR) is 48.0 cm³/mol. The summed E-state index contributed by atoms with van der Waals surface area (Å²) in [5.41, 5.74) is 0.349. The Morgan fingerprint density at radius 3 is 2.07 bits per heavy atom. The third-order valence-corrected chi connectivity index (χ3v) is 1.66. The summed E-state index contributed by atoms with van der Waals surface area (Å²) in [6, 6.07) is 8.11. The van der Waals surface area contributed by atoms with Crippen molar-refractivity contribution in [3.05, 3.63) is 35.9 Å². The van der Waals surface area contributed by atoms with E-state index < -0.39 is 24.0 Å². The number of carboxylic acids is 1. The van der Waals surface area contributed by atoms with Gasteiger partial charge in [-0.1, -0.05) is 30.3 Å². The molecule has 81 valence electrons. The molecule has 0 atom stereocenters. The fraction of sp³-hybridized carbons (Fsp3) is 0.100. The van der Waals surface area contributed by atoms with Crippen LogP contribution in [0.4, 0.5) is 0 Å². The maximum atomic E-state index is 11.3. The van der Waals surface area contributed by atoms with Crippen molar-refractivity contribution in [1.29, 1.82) is 0 Å². The maximum Gasteiger partial charge on any atom is 0.372 e. The minimum absolute atomic E-state index is 0. The van der Waals surface area contributed by atoms with Crippen LogP contribution in [0.15, 0.2) is 30.3 Å². The third kappa shape index (κ3) is 4.05. The number of carbonyl (C=O) groups is 3. The fourth-order valence-electron chi connectivity index (χ4n) is 0.948. The molecule has 1 rings (SSSR count). The Morgan fingerprint density at radius 2 is 1.60 bits per heavy atom. The molecule has 1 aromatic rings. The minimum atomic E-state index is -1.57. The molecule has 0 fully saturated rings. The average molecular weight is 251 g/mol. The SMILES string of the molecule is O=C(O)C(=O)CC(=O)c1ccccc1.[Co]. The summed E-state index contributed by atoms with van der Waals surface area (Å²) in [6.45, 7) is 0. The zero-order chi connectivity index (χ0) is 10.6. The van der Waals surface area contributed by atoms with E-state index in [9.17, 15) is 14.4 Å². The van der Waals surface area contributed by atoms with Crippen molar-refractivity contribution >= 4 is 17.5 Å². The molecule has 0 aromatic heterocycles. The normalized spacial score (nSPS) is 8.80. The summed E-state index contributed by atoms with van der Waals surface area (Å²) in [5.74, 6) is -3.13. The van der Waals surface area contributed by atoms with Gasteiger partial charge in [0.2, 0.25) is 5.78 Å². The van der Waals surface area contributed by atoms with E-state index in [1.165, 1.54) is 12.1 Å². The van der Waals surface area contributed by atoms with Crippen LogP contribution in [0, 0.1) is 0 Å². The van der Waals surface area contributed by atoms with E-state index in [1.807, 2.05) is 0 Å². The van der Waals surface area contributed by atoms with Crippen molar-refractivity contribution in [1.82, 2.24) is 0 Å². The summed E-state index contributed by atoms with van der Waals surface area (Å²) in [5, 5.41) is 8.28. The van der Waals surface area contributed by atoms with Gasteiger partial charge in [0.1, 0.15) is 0 Å². The number of hydrogen-bond acceptors (Lipinski definition) is 3. The van der Waals surface area contributed by atoms with Crippen LogP contribution in [0.25, 0.3) is 0 Å². The van der Waals surface area contributed by atoms with E-state index in [1.54, 1.807) is 18.2 Å². The molecule has 0 saturated carbocycles. The zero-order valence-corrected chi connectivity index (χ0v) is 8.64. The van der Waals surface area contributed by atoms with Crippen LogP contribution in [-0.4, -0.2) is 22.6 Å². The first kappa shape index (κ1) is 13.5. The van der Waals surface area contributed by atoms with Crippen molar-refractivity contribution in [2.75, 3.05) is 0 Å². The average Bonchev–Trinajstić information content (AvgIpc) is 2.19. The number of aliphatic carboxylic acids is 1. The first-order valence-corrected chi connectivity index (χ1v) is 3.95. The molecule has 0 aliphatic heterocycles. The van der Waals surface area contributed by atoms with Gasteiger partial charge in [-0.2, -0.15) is 0 Å². The van der Waals surface area contributed by atoms with Crippen LogP contribution in [0.1, 0.15) is 16.8 Å². The fourth-order valence-corrected chi connectivity index (χ4v) is 0.948. The first-order valence-electron chi connectivity index (χ1n) is 3.95. The number of ketones is 2. The molecular formula is C10H8CoO4. The second kappa shape index (κ2) is 6.10. The van der Waals surface area contributed by atoms with Crippen molar-refractivity contribution < 1.29 is 36.3 Å². The van der Waals surface area contributed by atoms with Crippen LogP contribution < -0.4 is 0 Å². The monoisotopic (exact) mass is 251 g/mol. The Balaban J connectivity index is 0.00000196. The summed E-state index contributed by atoms with van der Waals surface area (Å²) < 4.78 is 0. The number of carboxylic acid groups (broad SMARTS) is 1. The smallest absolute Gasteiger partial charge is 0.372 e. The summed E-state index contributed by atoms with van der Waals surface area (Å²) >= 11 is 0. The van der Waals surface area contributed by atoms with E-state index in [-0.39, 0.29) is 16.8 Å². The van der Waals surface area contributed by atoms with Crippen LogP contribution in [0.2, 0.25) is 0 Å². The molecule has 1 radical (unpaired) electrons. The Hall–Kier alpha value is -1.46. The van der Waals surface area contributed by atoms with Gasteiger partial charge in [-0.3, -0.25) is 9.59 Å². The van der Waals surface area contributed by atoms with E-state index >= 15 is 0 Å². The van der Waals surface area contributed by atoms with E-state index in [0.29, 0.717) is 5.56 Å². The number of carbonyl (C=O) groups excluding carboxylic acids is 2. The molecule has 0 bridgehead atoms. The van der Waals surface area contributed by atoms with Gasteiger partial charge in [0.15, 0.2) is 5.78 Å². The van der Waals surface area contributed by atoms with Crippen LogP contribution in [-0.2, 0) is 26.4 Å². The Kier molecular flexibility index (Phi) is 5.51. The number of Topliss-reactive ketones (excluding diaryl/α,β-unsaturated/α-hetero) is 2. The largest absolute Gasteiger partial charge is 0.475 e. The van der Waals surface area contributed by atoms with Crippen LogP contribution in [0.3, 0.4) is 0 Å². The van der Waals surface area contributed by atoms with Crippen molar-refractivity contribution in [3.8, 4) is 0 Å². The Morgan fingerprint density at radius 1 is 1.07 bits per heavy atom. The van der Waals surface area contributed by atoms with Gasteiger partial charge in [-0.25, -0.2) is 4.79 Å². The third-order valence-electron chi connectivity index (χ3n) is 1.66. The molecule has 0 aliphatic carbocycles. The van der Waals surface area contributed by atoms with Crippen molar-refractivity contribution in [2.24, 2.45) is 0 Å². The predicted octanol–water partition coefficient (Wildman–Crippen LogP) is 0.911. The van der Waals surface area contributed by atoms with Gasteiger partial charge in [0, 0.05) is 22.3 Å². The molecule has 1 aromatic carbocycles. The molecule has 0 saturated heterocycles. The summed E-state index contributed by atoms with van der Waals surface area (Å²) in [4.78, 5) is 32.1. The second-order valence-corrected chi connectivity index (χ2v) is 2.69. The zero-order valence-electron chi connectivity index (χ0n) is 7.60. The molecule has 4 nitrogen and oxygen atoms in total. The van der Waals surface area contributed by atoms with Gasteiger partial charge >= 0.3 is 5.97 Å². The van der Waals surface area contributed by atoms with Crippen molar-refractivity contribution in [2.45, 2.75) is 6.42 Å². The van der Waals surface area contributed by atoms with Gasteiger partial charge in [0.05, 0.1) is 6.42 Å². The minimum Gasteiger partial charge on any atom is -0.475 e. The molecule has 0 spiro atoms. The quantitative estimate of drug-likeness (QED) is 0.490. The van der Waals surface area contributed by atoms with E-state index in [4.69, 9.17) is 5.11 Å². The summed E-state index contributed by atoms with van der Waals surface area (Å²) in [7, 11) is 0. The molecule has 1 N–H and O–H groups in total. The number of hydrogen-bond donors (Lipinski definition) is 1. The van der Waals surface area contributed by atoms with Crippen molar-refractivity contribution in [3.63, 3.8) is 0 Å². The standard InChI is InChI=1S/C10H8O4.Co/c11-8(6-9(12)10(13)14)7-4-2-1-3-5-7;/h1-5H,6H2,(H,13,14);.